The number of carbonyl (C=O) groups excluding carboxylic acids is 2. The first kappa shape index (κ1) is 24.2. The summed E-state index contributed by atoms with van der Waals surface area (Å²) in [5, 5.41) is 2.87. The van der Waals surface area contributed by atoms with Gasteiger partial charge in [0.15, 0.2) is 0 Å². The number of rotatable bonds is 12. The zero-order chi connectivity index (χ0) is 22.5. The summed E-state index contributed by atoms with van der Waals surface area (Å²) in [6.07, 6.45) is 7.03. The van der Waals surface area contributed by atoms with Crippen molar-refractivity contribution in [2.75, 3.05) is 6.61 Å². The second-order valence-corrected chi connectivity index (χ2v) is 7.89. The highest BCUT2D eigenvalue weighted by Gasteiger charge is 2.24. The third-order valence-electron chi connectivity index (χ3n) is 4.75. The monoisotopic (exact) mass is 423 g/mol. The zero-order valence-electron chi connectivity index (χ0n) is 18.7. The van der Waals surface area contributed by atoms with E-state index < -0.39 is 5.54 Å². The third-order valence-corrected chi connectivity index (χ3v) is 4.75. The first-order valence-electron chi connectivity index (χ1n) is 10.8. The van der Waals surface area contributed by atoms with Crippen LogP contribution in [0.25, 0.3) is 6.08 Å². The molecule has 31 heavy (non-hydrogen) atoms. The summed E-state index contributed by atoms with van der Waals surface area (Å²) < 4.78 is 11.2. The summed E-state index contributed by atoms with van der Waals surface area (Å²) in [5.74, 6) is 0.365. The quantitative estimate of drug-likeness (QED) is 0.372. The van der Waals surface area contributed by atoms with Crippen LogP contribution in [0.3, 0.4) is 0 Å². The summed E-state index contributed by atoms with van der Waals surface area (Å²) in [4.78, 5) is 23.6. The van der Waals surface area contributed by atoms with Gasteiger partial charge in [-0.1, -0.05) is 74.4 Å². The number of benzene rings is 2. The minimum atomic E-state index is -0.783. The maximum absolute atomic E-state index is 12.0. The number of hydrogen-bond donors (Lipinski definition) is 1. The molecule has 1 N–H and O–H groups in total. The van der Waals surface area contributed by atoms with Gasteiger partial charge in [-0.25, -0.2) is 0 Å². The fourth-order valence-corrected chi connectivity index (χ4v) is 3.05. The average molecular weight is 424 g/mol. The summed E-state index contributed by atoms with van der Waals surface area (Å²) >= 11 is 0. The largest absolute Gasteiger partial charge is 0.489 e. The molecular formula is C26H33NO4. The van der Waals surface area contributed by atoms with Gasteiger partial charge in [0.1, 0.15) is 19.0 Å². The molecule has 1 amide bonds. The molecule has 0 heterocycles. The molecule has 0 fully saturated rings. The Hall–Kier alpha value is -3.08. The Labute approximate surface area is 185 Å². The molecule has 5 heteroatoms. The van der Waals surface area contributed by atoms with Crippen LogP contribution in [0.4, 0.5) is 0 Å². The molecule has 0 saturated heterocycles. The Kier molecular flexibility index (Phi) is 9.82. The van der Waals surface area contributed by atoms with Crippen LogP contribution in [-0.2, 0) is 20.9 Å². The Morgan fingerprint density at radius 3 is 2.39 bits per heavy atom. The Morgan fingerprint density at radius 2 is 1.74 bits per heavy atom. The third kappa shape index (κ3) is 9.51. The lowest BCUT2D eigenvalue weighted by molar-refractivity contribution is -0.146. The Balaban J connectivity index is 1.94. The zero-order valence-corrected chi connectivity index (χ0v) is 18.7. The van der Waals surface area contributed by atoms with E-state index in [1.807, 2.05) is 73.7 Å². The molecule has 0 bridgehead atoms. The number of amides is 1. The number of hydrogen-bond acceptors (Lipinski definition) is 4. The minimum Gasteiger partial charge on any atom is -0.489 e. The van der Waals surface area contributed by atoms with E-state index in [2.05, 4.69) is 12.2 Å². The first-order valence-corrected chi connectivity index (χ1v) is 10.8. The van der Waals surface area contributed by atoms with Crippen LogP contribution in [0, 0.1) is 0 Å². The van der Waals surface area contributed by atoms with E-state index in [1.165, 1.54) is 6.92 Å². The topological polar surface area (TPSA) is 64.6 Å². The average Bonchev–Trinajstić information content (AvgIpc) is 2.76. The van der Waals surface area contributed by atoms with Gasteiger partial charge in [-0.15, -0.1) is 0 Å². The standard InChI is InChI=1S/C26H33NO4/c1-4-5-7-12-25(29)31-20-26(3,27-21(2)28)18-17-22-13-15-24(16-14-22)30-19-23-10-8-6-9-11-23/h6,8-11,13-18H,4-5,7,12,19-20H2,1-3H3,(H,27,28)/b18-17+/t26-/m1/s1. The molecule has 2 rings (SSSR count). The molecule has 0 aliphatic heterocycles. The van der Waals surface area contributed by atoms with Crippen molar-refractivity contribution in [3.05, 3.63) is 71.8 Å². The van der Waals surface area contributed by atoms with Gasteiger partial charge in [0.2, 0.25) is 5.91 Å². The Morgan fingerprint density at radius 1 is 1.03 bits per heavy atom. The van der Waals surface area contributed by atoms with Crippen LogP contribution >= 0.6 is 0 Å². The molecule has 0 radical (unpaired) electrons. The number of unbranched alkanes of at least 4 members (excludes halogenated alkanes) is 2. The lowest BCUT2D eigenvalue weighted by Gasteiger charge is -2.26. The van der Waals surface area contributed by atoms with Crippen LogP contribution in [0.1, 0.15) is 57.6 Å². The molecule has 0 aliphatic rings. The normalized spacial score (nSPS) is 12.9. The van der Waals surface area contributed by atoms with Crippen molar-refractivity contribution < 1.29 is 19.1 Å². The molecule has 0 saturated carbocycles. The molecule has 0 spiro atoms. The lowest BCUT2D eigenvalue weighted by Crippen LogP contribution is -2.47. The molecule has 0 aliphatic carbocycles. The van der Waals surface area contributed by atoms with E-state index >= 15 is 0 Å². The summed E-state index contributed by atoms with van der Waals surface area (Å²) in [6.45, 7) is 5.98. The van der Waals surface area contributed by atoms with E-state index in [9.17, 15) is 9.59 Å². The van der Waals surface area contributed by atoms with E-state index in [0.29, 0.717) is 13.0 Å². The number of nitrogens with one attached hydrogen (secondary N) is 1. The summed E-state index contributed by atoms with van der Waals surface area (Å²) in [7, 11) is 0. The number of esters is 1. The van der Waals surface area contributed by atoms with E-state index in [4.69, 9.17) is 9.47 Å². The van der Waals surface area contributed by atoms with Crippen molar-refractivity contribution in [3.8, 4) is 5.75 Å². The Bertz CT molecular complexity index is 845. The van der Waals surface area contributed by atoms with Gasteiger partial charge in [0.05, 0.1) is 5.54 Å². The van der Waals surface area contributed by atoms with Crippen LogP contribution in [0.15, 0.2) is 60.7 Å². The van der Waals surface area contributed by atoms with Crippen molar-refractivity contribution >= 4 is 18.0 Å². The summed E-state index contributed by atoms with van der Waals surface area (Å²) in [6, 6.07) is 17.7. The van der Waals surface area contributed by atoms with Gasteiger partial charge in [-0.05, 0) is 36.6 Å². The van der Waals surface area contributed by atoms with Crippen LogP contribution in [-0.4, -0.2) is 24.0 Å². The highest BCUT2D eigenvalue weighted by molar-refractivity contribution is 5.75. The molecule has 1 atom stereocenters. The molecule has 0 unspecified atom stereocenters. The maximum atomic E-state index is 12.0. The van der Waals surface area contributed by atoms with Crippen LogP contribution in [0.2, 0.25) is 0 Å². The molecule has 0 aromatic heterocycles. The predicted molar refractivity (Wildman–Crippen MR) is 124 cm³/mol. The fourth-order valence-electron chi connectivity index (χ4n) is 3.05. The van der Waals surface area contributed by atoms with Crippen molar-refractivity contribution in [1.82, 2.24) is 5.32 Å². The molecule has 2 aromatic rings. The van der Waals surface area contributed by atoms with E-state index in [0.717, 1.165) is 36.1 Å². The fraction of sp³-hybridized carbons (Fsp3) is 0.385. The highest BCUT2D eigenvalue weighted by atomic mass is 16.5. The van der Waals surface area contributed by atoms with E-state index in [1.54, 1.807) is 0 Å². The van der Waals surface area contributed by atoms with Gasteiger partial charge in [-0.2, -0.15) is 0 Å². The van der Waals surface area contributed by atoms with Gasteiger partial charge >= 0.3 is 5.97 Å². The molecule has 5 nitrogen and oxygen atoms in total. The number of carbonyl (C=O) groups is 2. The van der Waals surface area contributed by atoms with Crippen LogP contribution < -0.4 is 10.1 Å². The number of ether oxygens (including phenoxy) is 2. The second-order valence-electron chi connectivity index (χ2n) is 7.89. The molecular weight excluding hydrogens is 390 g/mol. The van der Waals surface area contributed by atoms with Crippen molar-refractivity contribution in [2.45, 2.75) is 58.6 Å². The van der Waals surface area contributed by atoms with Gasteiger partial charge in [0, 0.05) is 13.3 Å². The SMILES string of the molecule is CCCCCC(=O)OC[C@@](C)(/C=C/c1ccc(OCc2ccccc2)cc1)NC(C)=O. The smallest absolute Gasteiger partial charge is 0.305 e. The predicted octanol–water partition coefficient (Wildman–Crippen LogP) is 5.30. The maximum Gasteiger partial charge on any atom is 0.305 e. The first-order chi connectivity index (χ1) is 14.9. The highest BCUT2D eigenvalue weighted by Crippen LogP contribution is 2.17. The minimum absolute atomic E-state index is 0.0896. The summed E-state index contributed by atoms with van der Waals surface area (Å²) in [5.41, 5.74) is 1.29. The van der Waals surface area contributed by atoms with Crippen molar-refractivity contribution in [2.24, 2.45) is 0 Å². The molecule has 166 valence electrons. The van der Waals surface area contributed by atoms with Crippen LogP contribution in [0.5, 0.6) is 5.75 Å². The van der Waals surface area contributed by atoms with Crippen molar-refractivity contribution in [3.63, 3.8) is 0 Å². The second kappa shape index (κ2) is 12.6. The van der Waals surface area contributed by atoms with Gasteiger partial charge in [-0.3, -0.25) is 9.59 Å². The lowest BCUT2D eigenvalue weighted by atomic mass is 10.0. The van der Waals surface area contributed by atoms with Gasteiger partial charge < -0.3 is 14.8 Å². The van der Waals surface area contributed by atoms with Gasteiger partial charge in [0.25, 0.3) is 0 Å². The van der Waals surface area contributed by atoms with E-state index in [-0.39, 0.29) is 18.5 Å². The molecule has 2 aromatic carbocycles. The van der Waals surface area contributed by atoms with Crippen molar-refractivity contribution in [1.29, 1.82) is 0 Å².